The SMILES string of the molecule is CCOC(=O)c1c(CC(C)=O)csc1N. The first-order valence-corrected chi connectivity index (χ1v) is 5.46. The van der Waals surface area contributed by atoms with Crippen LogP contribution in [-0.4, -0.2) is 18.4 Å². The van der Waals surface area contributed by atoms with Crippen molar-refractivity contribution in [2.75, 3.05) is 12.3 Å². The smallest absolute Gasteiger partial charge is 0.341 e. The summed E-state index contributed by atoms with van der Waals surface area (Å²) in [5.74, 6) is -0.453. The Balaban J connectivity index is 2.98. The lowest BCUT2D eigenvalue weighted by atomic mass is 10.1. The largest absolute Gasteiger partial charge is 0.462 e. The molecule has 0 unspecified atom stereocenters. The molecule has 0 aromatic carbocycles. The van der Waals surface area contributed by atoms with Gasteiger partial charge in [-0.1, -0.05) is 0 Å². The molecule has 0 aliphatic carbocycles. The predicted molar refractivity (Wildman–Crippen MR) is 59.1 cm³/mol. The summed E-state index contributed by atoms with van der Waals surface area (Å²) in [6.07, 6.45) is 0.224. The molecule has 1 aromatic heterocycles. The number of nitrogen functional groups attached to an aromatic ring is 1. The molecule has 4 nitrogen and oxygen atoms in total. The lowest BCUT2D eigenvalue weighted by Gasteiger charge is -2.03. The molecule has 0 bridgehead atoms. The molecule has 2 N–H and O–H groups in total. The number of carbonyl (C=O) groups is 2. The van der Waals surface area contributed by atoms with E-state index in [-0.39, 0.29) is 12.2 Å². The van der Waals surface area contributed by atoms with Crippen molar-refractivity contribution in [3.05, 3.63) is 16.5 Å². The number of nitrogens with two attached hydrogens (primary N) is 1. The molecule has 0 spiro atoms. The molecule has 1 aromatic rings. The van der Waals surface area contributed by atoms with E-state index >= 15 is 0 Å². The standard InChI is InChI=1S/C10H13NO3S/c1-3-14-10(13)8-7(4-6(2)12)5-15-9(8)11/h5H,3-4,11H2,1-2H3. The van der Waals surface area contributed by atoms with Crippen molar-refractivity contribution in [3.63, 3.8) is 0 Å². The molecule has 0 radical (unpaired) electrons. The number of ketones is 1. The van der Waals surface area contributed by atoms with E-state index < -0.39 is 5.97 Å². The van der Waals surface area contributed by atoms with E-state index in [1.165, 1.54) is 18.3 Å². The topological polar surface area (TPSA) is 69.4 Å². The van der Waals surface area contributed by atoms with Gasteiger partial charge in [0.15, 0.2) is 0 Å². The Labute approximate surface area is 92.0 Å². The Morgan fingerprint density at radius 2 is 2.20 bits per heavy atom. The minimum absolute atomic E-state index is 0.00153. The van der Waals surface area contributed by atoms with E-state index in [0.717, 1.165) is 0 Å². The number of hydrogen-bond donors (Lipinski definition) is 1. The highest BCUT2D eigenvalue weighted by molar-refractivity contribution is 7.14. The van der Waals surface area contributed by atoms with Crippen molar-refractivity contribution in [2.45, 2.75) is 20.3 Å². The molecule has 0 saturated heterocycles. The first-order chi connectivity index (χ1) is 7.06. The average molecular weight is 227 g/mol. The highest BCUT2D eigenvalue weighted by Crippen LogP contribution is 2.26. The fraction of sp³-hybridized carbons (Fsp3) is 0.400. The minimum atomic E-state index is -0.451. The van der Waals surface area contributed by atoms with Gasteiger partial charge in [0, 0.05) is 6.42 Å². The van der Waals surface area contributed by atoms with Gasteiger partial charge in [0.2, 0.25) is 0 Å². The molecule has 0 saturated carbocycles. The second-order valence-corrected chi connectivity index (χ2v) is 4.01. The lowest BCUT2D eigenvalue weighted by molar-refractivity contribution is -0.116. The summed E-state index contributed by atoms with van der Waals surface area (Å²) in [5, 5.41) is 2.13. The van der Waals surface area contributed by atoms with Gasteiger partial charge in [-0.2, -0.15) is 0 Å². The normalized spacial score (nSPS) is 10.0. The van der Waals surface area contributed by atoms with E-state index in [1.807, 2.05) is 0 Å². The van der Waals surface area contributed by atoms with E-state index in [0.29, 0.717) is 22.7 Å². The van der Waals surface area contributed by atoms with Crippen LogP contribution in [0.5, 0.6) is 0 Å². The zero-order chi connectivity index (χ0) is 11.4. The van der Waals surface area contributed by atoms with Crippen LogP contribution in [0.1, 0.15) is 29.8 Å². The third kappa shape index (κ3) is 2.79. The molecule has 1 rings (SSSR count). The maximum atomic E-state index is 11.5. The summed E-state index contributed by atoms with van der Waals surface area (Å²) < 4.78 is 4.87. The molecule has 0 aliphatic rings. The maximum Gasteiger partial charge on any atom is 0.341 e. The molecule has 0 atom stereocenters. The van der Waals surface area contributed by atoms with Crippen LogP contribution >= 0.6 is 11.3 Å². The number of rotatable bonds is 4. The van der Waals surface area contributed by atoms with Crippen LogP contribution < -0.4 is 5.73 Å². The van der Waals surface area contributed by atoms with Crippen LogP contribution in [0.25, 0.3) is 0 Å². The van der Waals surface area contributed by atoms with Crippen molar-refractivity contribution in [1.82, 2.24) is 0 Å². The summed E-state index contributed by atoms with van der Waals surface area (Å²) in [7, 11) is 0. The molecule has 15 heavy (non-hydrogen) atoms. The van der Waals surface area contributed by atoms with Crippen molar-refractivity contribution < 1.29 is 14.3 Å². The van der Waals surface area contributed by atoms with Gasteiger partial charge in [-0.05, 0) is 24.8 Å². The van der Waals surface area contributed by atoms with Crippen LogP contribution in [0.2, 0.25) is 0 Å². The molecule has 1 heterocycles. The van der Waals surface area contributed by atoms with Crippen molar-refractivity contribution >= 4 is 28.1 Å². The van der Waals surface area contributed by atoms with Crippen LogP contribution in [0.15, 0.2) is 5.38 Å². The molecule has 5 heteroatoms. The second-order valence-electron chi connectivity index (χ2n) is 3.10. The van der Waals surface area contributed by atoms with Crippen LogP contribution in [0, 0.1) is 0 Å². The fourth-order valence-corrected chi connectivity index (χ4v) is 2.05. The maximum absolute atomic E-state index is 11.5. The lowest BCUT2D eigenvalue weighted by Crippen LogP contribution is -2.10. The van der Waals surface area contributed by atoms with Gasteiger partial charge < -0.3 is 10.5 Å². The number of ether oxygens (including phenoxy) is 1. The highest BCUT2D eigenvalue weighted by Gasteiger charge is 2.19. The summed E-state index contributed by atoms with van der Waals surface area (Å²) >= 11 is 1.25. The van der Waals surface area contributed by atoms with E-state index in [9.17, 15) is 9.59 Å². The molecule has 0 fully saturated rings. The van der Waals surface area contributed by atoms with Gasteiger partial charge in [0.1, 0.15) is 10.8 Å². The Hall–Kier alpha value is -1.36. The van der Waals surface area contributed by atoms with Crippen LogP contribution in [-0.2, 0) is 16.0 Å². The zero-order valence-electron chi connectivity index (χ0n) is 8.70. The first kappa shape index (κ1) is 11.7. The monoisotopic (exact) mass is 227 g/mol. The van der Waals surface area contributed by atoms with Crippen LogP contribution in [0.3, 0.4) is 0 Å². The molecule has 0 amide bonds. The number of thiophene rings is 1. The number of anilines is 1. The minimum Gasteiger partial charge on any atom is -0.462 e. The van der Waals surface area contributed by atoms with Gasteiger partial charge in [-0.25, -0.2) is 4.79 Å². The Morgan fingerprint density at radius 3 is 2.73 bits per heavy atom. The predicted octanol–water partition coefficient (Wildman–Crippen LogP) is 1.64. The molecule has 0 aliphatic heterocycles. The third-order valence-electron chi connectivity index (χ3n) is 1.81. The first-order valence-electron chi connectivity index (χ1n) is 4.58. The second kappa shape index (κ2) is 4.93. The molecular weight excluding hydrogens is 214 g/mol. The van der Waals surface area contributed by atoms with Gasteiger partial charge in [0.25, 0.3) is 0 Å². The highest BCUT2D eigenvalue weighted by atomic mass is 32.1. The number of hydrogen-bond acceptors (Lipinski definition) is 5. The number of esters is 1. The summed E-state index contributed by atoms with van der Waals surface area (Å²) in [6.45, 7) is 3.50. The van der Waals surface area contributed by atoms with Gasteiger partial charge in [-0.15, -0.1) is 11.3 Å². The van der Waals surface area contributed by atoms with E-state index in [2.05, 4.69) is 0 Å². The third-order valence-corrected chi connectivity index (χ3v) is 2.68. The number of Topliss-reactive ketones (excluding diaryl/α,β-unsaturated/α-hetero) is 1. The molecule has 82 valence electrons. The summed E-state index contributed by atoms with van der Waals surface area (Å²) in [4.78, 5) is 22.5. The van der Waals surface area contributed by atoms with Crippen LogP contribution in [0.4, 0.5) is 5.00 Å². The van der Waals surface area contributed by atoms with Crippen molar-refractivity contribution in [3.8, 4) is 0 Å². The van der Waals surface area contributed by atoms with Crippen molar-refractivity contribution in [1.29, 1.82) is 0 Å². The van der Waals surface area contributed by atoms with E-state index in [1.54, 1.807) is 12.3 Å². The van der Waals surface area contributed by atoms with Crippen molar-refractivity contribution in [2.24, 2.45) is 0 Å². The molecular formula is C10H13NO3S. The fourth-order valence-electron chi connectivity index (χ4n) is 1.24. The Morgan fingerprint density at radius 1 is 1.53 bits per heavy atom. The average Bonchev–Trinajstić information content (AvgIpc) is 2.46. The summed E-state index contributed by atoms with van der Waals surface area (Å²) in [5.41, 5.74) is 6.66. The quantitative estimate of drug-likeness (QED) is 0.794. The Bertz CT molecular complexity index is 384. The van der Waals surface area contributed by atoms with Gasteiger partial charge in [-0.3, -0.25) is 4.79 Å². The number of carbonyl (C=O) groups excluding carboxylic acids is 2. The zero-order valence-corrected chi connectivity index (χ0v) is 9.52. The van der Waals surface area contributed by atoms with E-state index in [4.69, 9.17) is 10.5 Å². The van der Waals surface area contributed by atoms with Gasteiger partial charge >= 0.3 is 5.97 Å². The van der Waals surface area contributed by atoms with Gasteiger partial charge in [0.05, 0.1) is 12.2 Å². The Kier molecular flexibility index (Phi) is 3.85. The summed E-state index contributed by atoms with van der Waals surface area (Å²) in [6, 6.07) is 0.